The van der Waals surface area contributed by atoms with Crippen molar-refractivity contribution in [1.29, 1.82) is 0 Å². The third kappa shape index (κ3) is 2.08. The van der Waals surface area contributed by atoms with Crippen LogP contribution in [0.2, 0.25) is 0 Å². The maximum Gasteiger partial charge on any atom is 0.268 e. The van der Waals surface area contributed by atoms with E-state index in [-0.39, 0.29) is 11.5 Å². The monoisotopic (exact) mass is 204 g/mol. The van der Waals surface area contributed by atoms with Crippen molar-refractivity contribution in [3.05, 3.63) is 29.1 Å². The van der Waals surface area contributed by atoms with E-state index in [1.807, 2.05) is 0 Å². The van der Waals surface area contributed by atoms with Gasteiger partial charge in [-0.25, -0.2) is 4.85 Å². The van der Waals surface area contributed by atoms with Gasteiger partial charge in [0.2, 0.25) is 0 Å². The molecule has 0 aliphatic heterocycles. The summed E-state index contributed by atoms with van der Waals surface area (Å²) in [5.41, 5.74) is 0.751. The Morgan fingerprint density at radius 2 is 1.73 bits per heavy atom. The highest BCUT2D eigenvalue weighted by atomic mass is 16.5. The molecule has 4 heteroatoms. The van der Waals surface area contributed by atoms with E-state index < -0.39 is 0 Å². The second-order valence-electron chi connectivity index (χ2n) is 2.90. The molecule has 0 unspecified atom stereocenters. The molecule has 78 valence electrons. The van der Waals surface area contributed by atoms with Gasteiger partial charge in [-0.1, -0.05) is 0 Å². The van der Waals surface area contributed by atoms with Crippen molar-refractivity contribution in [2.45, 2.75) is 6.92 Å². The average Bonchev–Trinajstić information content (AvgIpc) is 2.26. The van der Waals surface area contributed by atoms with Gasteiger partial charge < -0.3 is 9.47 Å². The zero-order chi connectivity index (χ0) is 11.4. The van der Waals surface area contributed by atoms with Crippen molar-refractivity contribution < 1.29 is 14.3 Å². The van der Waals surface area contributed by atoms with Gasteiger partial charge in [0.15, 0.2) is 5.78 Å². The maximum absolute atomic E-state index is 11.2. The smallest absolute Gasteiger partial charge is 0.268 e. The topological polar surface area (TPSA) is 39.9 Å². The van der Waals surface area contributed by atoms with Crippen molar-refractivity contribution in [3.8, 4) is 11.5 Å². The van der Waals surface area contributed by atoms with Gasteiger partial charge >= 0.3 is 0 Å². The lowest BCUT2D eigenvalue weighted by atomic mass is 10.1. The molecular weight excluding hydrogens is 193 g/mol. The standard InChI is InChI=1S/C11H11NO3/c1-7(13)8-5-9(14-3)11(12-2)10(6-8)15-4/h5-6H,1,3-4H3/i2-1. The van der Waals surface area contributed by atoms with E-state index in [0.29, 0.717) is 17.1 Å². The molecule has 1 rings (SSSR count). The van der Waals surface area contributed by atoms with E-state index in [0.717, 1.165) is 0 Å². The Kier molecular flexibility index (Phi) is 3.29. The largest absolute Gasteiger partial charge is 0.508 e. The third-order valence-electron chi connectivity index (χ3n) is 2.00. The molecule has 0 saturated carbocycles. The molecule has 4 nitrogen and oxygen atoms in total. The minimum Gasteiger partial charge on any atom is -0.508 e. The maximum atomic E-state index is 11.2. The van der Waals surface area contributed by atoms with E-state index in [1.54, 1.807) is 0 Å². The van der Waals surface area contributed by atoms with Crippen LogP contribution in [0.3, 0.4) is 0 Å². The first-order chi connectivity index (χ1) is 7.13. The molecule has 15 heavy (non-hydrogen) atoms. The van der Waals surface area contributed by atoms with Gasteiger partial charge in [0.1, 0.15) is 11.5 Å². The van der Waals surface area contributed by atoms with E-state index in [9.17, 15) is 4.79 Å². The van der Waals surface area contributed by atoms with Crippen LogP contribution in [0.4, 0.5) is 5.69 Å². The summed E-state index contributed by atoms with van der Waals surface area (Å²) in [4.78, 5) is 14.5. The highest BCUT2D eigenvalue weighted by Gasteiger charge is 2.14. The zero-order valence-corrected chi connectivity index (χ0v) is 8.83. The molecule has 0 amide bonds. The lowest BCUT2D eigenvalue weighted by Crippen LogP contribution is -1.96. The second kappa shape index (κ2) is 4.47. The first-order valence-corrected chi connectivity index (χ1v) is 4.28. The number of benzene rings is 1. The van der Waals surface area contributed by atoms with Crippen molar-refractivity contribution in [1.82, 2.24) is 0 Å². The molecule has 0 radical (unpaired) electrons. The summed E-state index contributed by atoms with van der Waals surface area (Å²) >= 11 is 0. The Labute approximate surface area is 88.2 Å². The molecule has 0 aliphatic rings. The first-order valence-electron chi connectivity index (χ1n) is 4.28. The van der Waals surface area contributed by atoms with E-state index in [4.69, 9.17) is 16.0 Å². The lowest BCUT2D eigenvalue weighted by molar-refractivity contribution is 0.101. The number of ketones is 1. The Morgan fingerprint density at radius 3 is 2.00 bits per heavy atom. The molecule has 0 aromatic heterocycles. The summed E-state index contributed by atoms with van der Waals surface area (Å²) in [6.07, 6.45) is 0. The number of methoxy groups -OCH3 is 2. The average molecular weight is 204 g/mol. The fourth-order valence-corrected chi connectivity index (χ4v) is 1.21. The minimum atomic E-state index is -0.0943. The summed E-state index contributed by atoms with van der Waals surface area (Å²) in [6, 6.07) is 3.08. The SMILES string of the molecule is COc1cc(C(C)=O)cc(OC)c1[N+]#[11C-]. The highest BCUT2D eigenvalue weighted by Crippen LogP contribution is 2.38. The first kappa shape index (κ1) is 11.1. The number of Topliss-reactive ketones (excluding diaryl/α,β-unsaturated/α-hetero) is 1. The minimum absolute atomic E-state index is 0.0943. The van der Waals surface area contributed by atoms with Crippen molar-refractivity contribution in [2.75, 3.05) is 14.2 Å². The van der Waals surface area contributed by atoms with Crippen LogP contribution in [-0.4, -0.2) is 20.0 Å². The molecule has 0 bridgehead atoms. The molecule has 0 N–H and O–H groups in total. The second-order valence-corrected chi connectivity index (χ2v) is 2.90. The lowest BCUT2D eigenvalue weighted by Gasteiger charge is -2.09. The molecule has 0 saturated heterocycles. The van der Waals surface area contributed by atoms with Crippen molar-refractivity contribution in [2.24, 2.45) is 0 Å². The highest BCUT2D eigenvalue weighted by molar-refractivity contribution is 5.96. The molecule has 0 atom stereocenters. The van der Waals surface area contributed by atoms with Gasteiger partial charge in [0.25, 0.3) is 5.69 Å². The number of carbonyl (C=O) groups excluding carboxylic acids is 1. The van der Waals surface area contributed by atoms with Gasteiger partial charge in [-0.15, -0.1) is 0 Å². The number of rotatable bonds is 3. The van der Waals surface area contributed by atoms with Gasteiger partial charge in [-0.05, 0) is 19.1 Å². The van der Waals surface area contributed by atoms with Crippen LogP contribution in [0.25, 0.3) is 4.85 Å². The van der Waals surface area contributed by atoms with Crippen LogP contribution in [0.1, 0.15) is 17.3 Å². The molecule has 0 heterocycles. The van der Waals surface area contributed by atoms with Crippen molar-refractivity contribution in [3.63, 3.8) is 0 Å². The molecule has 0 spiro atoms. The summed E-state index contributed by atoms with van der Waals surface area (Å²) in [7, 11) is 2.90. The summed E-state index contributed by atoms with van der Waals surface area (Å²) < 4.78 is 10.0. The number of ether oxygens (including phenoxy) is 2. The zero-order valence-electron chi connectivity index (χ0n) is 8.83. The Morgan fingerprint density at radius 1 is 1.27 bits per heavy atom. The number of hydrogen-bond donors (Lipinski definition) is 0. The van der Waals surface area contributed by atoms with Crippen LogP contribution in [-0.2, 0) is 0 Å². The summed E-state index contributed by atoms with van der Waals surface area (Å²) in [5, 5.41) is 0. The van der Waals surface area contributed by atoms with Gasteiger partial charge in [0, 0.05) is 5.56 Å². The fourth-order valence-electron chi connectivity index (χ4n) is 1.21. The van der Waals surface area contributed by atoms with Crippen LogP contribution in [0.5, 0.6) is 11.5 Å². The summed E-state index contributed by atoms with van der Waals surface area (Å²) in [5.74, 6) is 0.618. The predicted molar refractivity (Wildman–Crippen MR) is 55.8 cm³/mol. The molecule has 1 aromatic carbocycles. The molecular formula is C11H11NO3. The quantitative estimate of drug-likeness (QED) is 0.560. The van der Waals surface area contributed by atoms with Crippen LogP contribution < -0.4 is 9.47 Å². The Hall–Kier alpha value is -2.02. The van der Waals surface area contributed by atoms with E-state index in [1.165, 1.54) is 33.3 Å². The molecule has 0 aliphatic carbocycles. The Bertz CT molecular complexity index is 407. The van der Waals surface area contributed by atoms with Crippen LogP contribution >= 0.6 is 0 Å². The van der Waals surface area contributed by atoms with Gasteiger partial charge in [-0.2, -0.15) is 0 Å². The summed E-state index contributed by atoms with van der Waals surface area (Å²) in [6.45, 7) is 8.44. The van der Waals surface area contributed by atoms with Crippen molar-refractivity contribution >= 4 is 11.5 Å². The number of carbonyl (C=O) groups is 1. The van der Waals surface area contributed by atoms with E-state index in [2.05, 4.69) is 4.85 Å². The fraction of sp³-hybridized carbons (Fsp3) is 0.273. The van der Waals surface area contributed by atoms with E-state index >= 15 is 0 Å². The number of nitrogens with zero attached hydrogens (tertiary/aromatic N) is 1. The van der Waals surface area contributed by atoms with Gasteiger partial charge in [-0.3, -0.25) is 4.79 Å². The third-order valence-corrected chi connectivity index (χ3v) is 2.00. The Balaban J connectivity index is 3.44. The normalized spacial score (nSPS) is 9.20. The van der Waals surface area contributed by atoms with Gasteiger partial charge in [0.05, 0.1) is 20.8 Å². The molecule has 0 fully saturated rings. The van der Waals surface area contributed by atoms with Crippen LogP contribution in [0, 0.1) is 6.57 Å². The molecule has 1 aromatic rings. The van der Waals surface area contributed by atoms with Crippen LogP contribution in [0.15, 0.2) is 12.1 Å². The number of hydrogen-bond acceptors (Lipinski definition) is 3. The predicted octanol–water partition coefficient (Wildman–Crippen LogP) is 2.46.